The Kier molecular flexibility index (Phi) is 10.3. The van der Waals surface area contributed by atoms with Crippen LogP contribution in [0.25, 0.3) is 0 Å². The second-order valence-corrected chi connectivity index (χ2v) is 10.7. The molecule has 0 spiro atoms. The lowest BCUT2D eigenvalue weighted by molar-refractivity contribution is 0.185. The molecule has 2 atom stereocenters. The van der Waals surface area contributed by atoms with Crippen LogP contribution in [0, 0.1) is 5.92 Å². The van der Waals surface area contributed by atoms with Crippen LogP contribution in [0.1, 0.15) is 24.0 Å². The van der Waals surface area contributed by atoms with Gasteiger partial charge in [-0.1, -0.05) is 25.2 Å². The van der Waals surface area contributed by atoms with Gasteiger partial charge < -0.3 is 9.47 Å². The molecule has 180 valence electrons. The number of methoxy groups -OCH3 is 2. The molecule has 4 rings (SSSR count). The Bertz CT molecular complexity index is 948. The van der Waals surface area contributed by atoms with Gasteiger partial charge in [-0.15, -0.1) is 11.3 Å². The van der Waals surface area contributed by atoms with Crippen LogP contribution in [0.3, 0.4) is 0 Å². The van der Waals surface area contributed by atoms with Crippen molar-refractivity contribution >= 4 is 22.3 Å². The fourth-order valence-electron chi connectivity index (χ4n) is 3.70. The summed E-state index contributed by atoms with van der Waals surface area (Å²) in [6.45, 7) is 6.53. The van der Waals surface area contributed by atoms with Crippen molar-refractivity contribution in [1.29, 1.82) is 0 Å². The summed E-state index contributed by atoms with van der Waals surface area (Å²) in [4.78, 5) is 8.09. The maximum absolute atomic E-state index is 12.8. The molecule has 0 saturated carbocycles. The van der Waals surface area contributed by atoms with Crippen LogP contribution < -0.4 is 4.74 Å². The van der Waals surface area contributed by atoms with Gasteiger partial charge in [-0.2, -0.15) is 0 Å². The molecule has 1 saturated heterocycles. The largest absolute Gasteiger partial charge is 0.497 e. The molecule has 2 aromatic rings. The van der Waals surface area contributed by atoms with Gasteiger partial charge >= 0.3 is 0 Å². The first-order valence-electron chi connectivity index (χ1n) is 11.3. The Morgan fingerprint density at radius 1 is 1.12 bits per heavy atom. The predicted octanol–water partition coefficient (Wildman–Crippen LogP) is 4.32. The summed E-state index contributed by atoms with van der Waals surface area (Å²) in [5, 5.41) is 3.36. The van der Waals surface area contributed by atoms with Crippen molar-refractivity contribution in [3.63, 3.8) is 0 Å². The third kappa shape index (κ3) is 7.86. The molecule has 0 N–H and O–H groups in total. The van der Waals surface area contributed by atoms with Gasteiger partial charge in [0.25, 0.3) is 0 Å². The van der Waals surface area contributed by atoms with Crippen LogP contribution in [0.15, 0.2) is 58.3 Å². The van der Waals surface area contributed by atoms with Gasteiger partial charge in [0.1, 0.15) is 21.7 Å². The standard InChI is InChI=1S/C23H29N3O2S2.C2H6O/c1-18-3-5-19(6-4-18)15-20-17-29-23(24-20)16-25-11-13-26(14-12-25)30(27)22-9-7-21(28-2)8-10-22;1-3-2/h3,5-10,17-18H,4,11-16H2,1-2H3;1-2H3. The molecule has 6 nitrogen and oxygen atoms in total. The zero-order valence-electron chi connectivity index (χ0n) is 20.0. The molecule has 2 aliphatic rings. The number of aromatic nitrogens is 1. The Balaban J connectivity index is 0.000000968. The summed E-state index contributed by atoms with van der Waals surface area (Å²) in [7, 11) is 3.77. The highest BCUT2D eigenvalue weighted by Crippen LogP contribution is 2.22. The summed E-state index contributed by atoms with van der Waals surface area (Å²) in [5.74, 6) is 1.44. The molecule has 0 radical (unpaired) electrons. The highest BCUT2D eigenvalue weighted by atomic mass is 32.2. The minimum atomic E-state index is -1.12. The number of thiazole rings is 1. The lowest BCUT2D eigenvalue weighted by atomic mass is 9.96. The number of piperazine rings is 1. The number of hydrogen-bond donors (Lipinski definition) is 0. The lowest BCUT2D eigenvalue weighted by Crippen LogP contribution is -2.46. The van der Waals surface area contributed by atoms with Crippen LogP contribution in [-0.4, -0.2) is 65.9 Å². The van der Waals surface area contributed by atoms with E-state index in [1.807, 2.05) is 24.3 Å². The molecule has 1 fully saturated rings. The van der Waals surface area contributed by atoms with Crippen LogP contribution in [0.4, 0.5) is 0 Å². The third-order valence-corrected chi connectivity index (χ3v) is 7.95. The van der Waals surface area contributed by atoms with Crippen molar-refractivity contribution in [3.8, 4) is 5.75 Å². The Morgan fingerprint density at radius 2 is 1.82 bits per heavy atom. The summed E-state index contributed by atoms with van der Waals surface area (Å²) < 4.78 is 24.3. The normalized spacial score (nSPS) is 20.0. The number of nitrogens with zero attached hydrogens (tertiary/aromatic N) is 3. The van der Waals surface area contributed by atoms with Gasteiger partial charge in [0.2, 0.25) is 0 Å². The van der Waals surface area contributed by atoms with E-state index in [1.165, 1.54) is 16.3 Å². The molecule has 1 aliphatic heterocycles. The first kappa shape index (κ1) is 25.8. The van der Waals surface area contributed by atoms with E-state index in [-0.39, 0.29) is 0 Å². The first-order chi connectivity index (χ1) is 16.0. The minimum absolute atomic E-state index is 0.650. The van der Waals surface area contributed by atoms with E-state index in [9.17, 15) is 4.21 Å². The fourth-order valence-corrected chi connectivity index (χ4v) is 5.70. The van der Waals surface area contributed by atoms with Crippen molar-refractivity contribution in [2.75, 3.05) is 47.5 Å². The van der Waals surface area contributed by atoms with Gasteiger partial charge in [0.05, 0.1) is 24.2 Å². The monoisotopic (exact) mass is 489 g/mol. The minimum Gasteiger partial charge on any atom is -0.497 e. The molecule has 8 heteroatoms. The van der Waals surface area contributed by atoms with E-state index >= 15 is 0 Å². The maximum atomic E-state index is 12.8. The summed E-state index contributed by atoms with van der Waals surface area (Å²) in [5.41, 5.74) is 2.54. The summed E-state index contributed by atoms with van der Waals surface area (Å²) in [6.07, 6.45) is 8.93. The number of rotatable bonds is 7. The quantitative estimate of drug-likeness (QED) is 0.580. The van der Waals surface area contributed by atoms with Gasteiger partial charge in [-0.05, 0) is 42.2 Å². The van der Waals surface area contributed by atoms with Crippen molar-refractivity contribution in [2.45, 2.75) is 31.2 Å². The zero-order valence-corrected chi connectivity index (χ0v) is 21.7. The summed E-state index contributed by atoms with van der Waals surface area (Å²) >= 11 is 1.75. The average molecular weight is 490 g/mol. The smallest absolute Gasteiger partial charge is 0.127 e. The fraction of sp³-hybridized carbons (Fsp3) is 0.480. The van der Waals surface area contributed by atoms with Crippen molar-refractivity contribution in [3.05, 3.63) is 64.1 Å². The first-order valence-corrected chi connectivity index (χ1v) is 13.2. The molecule has 2 unspecified atom stereocenters. The molecule has 33 heavy (non-hydrogen) atoms. The molecular formula is C25H35N3O3S2. The molecule has 1 aliphatic carbocycles. The highest BCUT2D eigenvalue weighted by Gasteiger charge is 2.23. The number of ether oxygens (including phenoxy) is 2. The molecular weight excluding hydrogens is 454 g/mol. The predicted molar refractivity (Wildman–Crippen MR) is 136 cm³/mol. The topological polar surface area (TPSA) is 54.9 Å². The van der Waals surface area contributed by atoms with E-state index in [1.54, 1.807) is 32.7 Å². The molecule has 2 heterocycles. The van der Waals surface area contributed by atoms with Crippen LogP contribution in [-0.2, 0) is 28.7 Å². The van der Waals surface area contributed by atoms with Crippen LogP contribution >= 0.6 is 11.3 Å². The van der Waals surface area contributed by atoms with Gasteiger partial charge in [-0.25, -0.2) is 13.5 Å². The Hall–Kier alpha value is -1.84. The van der Waals surface area contributed by atoms with Crippen molar-refractivity contribution < 1.29 is 13.7 Å². The van der Waals surface area contributed by atoms with Crippen LogP contribution in [0.2, 0.25) is 0 Å². The third-order valence-electron chi connectivity index (χ3n) is 5.56. The number of hydrogen-bond acceptors (Lipinski definition) is 6. The Morgan fingerprint density at radius 3 is 2.42 bits per heavy atom. The average Bonchev–Trinajstić information content (AvgIpc) is 3.28. The van der Waals surface area contributed by atoms with E-state index < -0.39 is 11.0 Å². The van der Waals surface area contributed by atoms with Crippen molar-refractivity contribution in [2.24, 2.45) is 5.92 Å². The number of benzene rings is 1. The van der Waals surface area contributed by atoms with E-state index in [0.717, 1.165) is 56.2 Å². The van der Waals surface area contributed by atoms with Crippen molar-refractivity contribution in [1.82, 2.24) is 14.2 Å². The van der Waals surface area contributed by atoms with Gasteiger partial charge in [0, 0.05) is 52.2 Å². The van der Waals surface area contributed by atoms with Gasteiger partial charge in [0.15, 0.2) is 0 Å². The SMILES string of the molecule is COC.COc1ccc(S(=O)N2CCN(Cc3nc(CC4=CCC(C)C=C4)cs3)CC2)cc1. The second-order valence-electron chi connectivity index (χ2n) is 8.30. The van der Waals surface area contributed by atoms with Gasteiger partial charge in [-0.3, -0.25) is 4.90 Å². The summed E-state index contributed by atoms with van der Waals surface area (Å²) in [6, 6.07) is 7.50. The maximum Gasteiger partial charge on any atom is 0.127 e. The molecule has 1 aromatic heterocycles. The number of allylic oxidation sites excluding steroid dienone is 4. The highest BCUT2D eigenvalue weighted by molar-refractivity contribution is 7.82. The van der Waals surface area contributed by atoms with E-state index in [2.05, 4.69) is 44.5 Å². The lowest BCUT2D eigenvalue weighted by Gasteiger charge is -2.33. The second kappa shape index (κ2) is 13.2. The zero-order chi connectivity index (χ0) is 23.6. The van der Waals surface area contributed by atoms with E-state index in [0.29, 0.717) is 5.92 Å². The van der Waals surface area contributed by atoms with Crippen LogP contribution in [0.5, 0.6) is 5.75 Å². The molecule has 0 amide bonds. The Labute approximate surface area is 204 Å². The van der Waals surface area contributed by atoms with E-state index in [4.69, 9.17) is 9.72 Å². The molecule has 1 aromatic carbocycles. The molecule has 0 bridgehead atoms.